The molecule has 2 heteroatoms. The van der Waals surface area contributed by atoms with Gasteiger partial charge >= 0.3 is 0 Å². The maximum Gasteiger partial charge on any atom is 0.137 e. The molecule has 0 aliphatic heterocycles. The number of ketones is 1. The van der Waals surface area contributed by atoms with E-state index in [0.717, 1.165) is 12.0 Å². The maximum absolute atomic E-state index is 12.1. The van der Waals surface area contributed by atoms with Crippen molar-refractivity contribution in [2.45, 2.75) is 38.5 Å². The second-order valence-electron chi connectivity index (χ2n) is 5.53. The van der Waals surface area contributed by atoms with Gasteiger partial charge < -0.3 is 0 Å². The van der Waals surface area contributed by atoms with Crippen LogP contribution in [0.4, 0.5) is 0 Å². The van der Waals surface area contributed by atoms with Gasteiger partial charge in [-0.2, -0.15) is 0 Å². The Morgan fingerprint density at radius 3 is 2.85 bits per heavy atom. The number of carbonyl (C=O) groups excluding carboxylic acids is 1. The van der Waals surface area contributed by atoms with Crippen molar-refractivity contribution < 1.29 is 4.79 Å². The van der Waals surface area contributed by atoms with Crippen molar-refractivity contribution in [1.82, 2.24) is 4.98 Å². The molecular weight excluding hydrogens is 246 g/mol. The van der Waals surface area contributed by atoms with Crippen molar-refractivity contribution >= 4 is 5.78 Å². The number of carbonyl (C=O) groups is 1. The summed E-state index contributed by atoms with van der Waals surface area (Å²) in [4.78, 5) is 16.1. The molecule has 2 aromatic rings. The minimum atomic E-state index is 0.312. The number of pyridine rings is 1. The molecule has 1 aliphatic rings. The largest absolute Gasteiger partial charge is 0.299 e. The Balaban J connectivity index is 1.56. The van der Waals surface area contributed by atoms with Gasteiger partial charge in [0.05, 0.1) is 0 Å². The lowest BCUT2D eigenvalue weighted by Gasteiger charge is -2.05. The number of aryl methyl sites for hydroxylation is 3. The summed E-state index contributed by atoms with van der Waals surface area (Å²) in [7, 11) is 0. The molecule has 0 saturated carbocycles. The van der Waals surface area contributed by atoms with Crippen LogP contribution in [0.2, 0.25) is 0 Å². The maximum atomic E-state index is 12.1. The first kappa shape index (κ1) is 13.0. The molecule has 3 rings (SSSR count). The summed E-state index contributed by atoms with van der Waals surface area (Å²) < 4.78 is 0. The van der Waals surface area contributed by atoms with E-state index in [-0.39, 0.29) is 0 Å². The molecule has 2 nitrogen and oxygen atoms in total. The summed E-state index contributed by atoms with van der Waals surface area (Å²) in [6, 6.07) is 10.5. The summed E-state index contributed by atoms with van der Waals surface area (Å²) in [6.07, 6.45) is 9.18. The Hall–Kier alpha value is -1.96. The highest BCUT2D eigenvalue weighted by molar-refractivity contribution is 5.81. The van der Waals surface area contributed by atoms with E-state index in [4.69, 9.17) is 0 Å². The van der Waals surface area contributed by atoms with Gasteiger partial charge in [0.2, 0.25) is 0 Å². The highest BCUT2D eigenvalue weighted by Crippen LogP contribution is 2.23. The quantitative estimate of drug-likeness (QED) is 0.830. The summed E-state index contributed by atoms with van der Waals surface area (Å²) >= 11 is 0. The summed E-state index contributed by atoms with van der Waals surface area (Å²) in [5.41, 5.74) is 5.22. The summed E-state index contributed by atoms with van der Waals surface area (Å²) in [5, 5.41) is 0. The zero-order valence-electron chi connectivity index (χ0n) is 11.6. The van der Waals surface area contributed by atoms with Crippen LogP contribution in [-0.4, -0.2) is 10.8 Å². The number of nitrogens with zero attached hydrogens (tertiary/aromatic N) is 1. The van der Waals surface area contributed by atoms with E-state index in [1.54, 1.807) is 6.20 Å². The van der Waals surface area contributed by atoms with Crippen LogP contribution in [0.5, 0.6) is 0 Å². The second-order valence-corrected chi connectivity index (χ2v) is 5.53. The number of rotatable bonds is 5. The van der Waals surface area contributed by atoms with E-state index >= 15 is 0 Å². The molecule has 0 N–H and O–H groups in total. The molecule has 0 bridgehead atoms. The Morgan fingerprint density at radius 2 is 2.00 bits per heavy atom. The van der Waals surface area contributed by atoms with Crippen LogP contribution in [0.3, 0.4) is 0 Å². The van der Waals surface area contributed by atoms with E-state index in [1.165, 1.54) is 36.0 Å². The first-order chi connectivity index (χ1) is 9.81. The molecule has 0 fully saturated rings. The predicted octanol–water partition coefficient (Wildman–Crippen LogP) is 3.31. The molecule has 1 aliphatic carbocycles. The number of Topliss-reactive ketones (excluding diaryl/α,β-unsaturated/α-hetero) is 1. The third kappa shape index (κ3) is 3.13. The van der Waals surface area contributed by atoms with Gasteiger partial charge in [-0.3, -0.25) is 9.78 Å². The van der Waals surface area contributed by atoms with Crippen LogP contribution in [0.15, 0.2) is 42.7 Å². The van der Waals surface area contributed by atoms with Crippen LogP contribution in [0.25, 0.3) is 0 Å². The lowest BCUT2D eigenvalue weighted by molar-refractivity contribution is -0.118. The SMILES string of the molecule is O=C(CCc1cccnc1)Cc1ccc2c(c1)CCC2. The van der Waals surface area contributed by atoms with Crippen molar-refractivity contribution in [1.29, 1.82) is 0 Å². The van der Waals surface area contributed by atoms with E-state index < -0.39 is 0 Å². The third-order valence-corrected chi connectivity index (χ3v) is 3.98. The van der Waals surface area contributed by atoms with Gasteiger partial charge in [-0.15, -0.1) is 0 Å². The molecule has 20 heavy (non-hydrogen) atoms. The Bertz CT molecular complexity index is 604. The Morgan fingerprint density at radius 1 is 1.10 bits per heavy atom. The molecule has 1 aromatic heterocycles. The Labute approximate surface area is 119 Å². The molecule has 0 spiro atoms. The van der Waals surface area contributed by atoms with Crippen molar-refractivity contribution in [3.05, 3.63) is 65.0 Å². The normalized spacial score (nSPS) is 13.2. The van der Waals surface area contributed by atoms with E-state index in [1.807, 2.05) is 18.3 Å². The van der Waals surface area contributed by atoms with Crippen LogP contribution in [0.1, 0.15) is 35.1 Å². The van der Waals surface area contributed by atoms with Crippen molar-refractivity contribution in [3.63, 3.8) is 0 Å². The predicted molar refractivity (Wildman–Crippen MR) is 79.7 cm³/mol. The second kappa shape index (κ2) is 6.00. The van der Waals surface area contributed by atoms with Crippen LogP contribution >= 0.6 is 0 Å². The molecule has 1 heterocycles. The van der Waals surface area contributed by atoms with Gasteiger partial charge in [-0.1, -0.05) is 24.3 Å². The number of aromatic nitrogens is 1. The average Bonchev–Trinajstić information content (AvgIpc) is 2.94. The zero-order chi connectivity index (χ0) is 13.8. The fourth-order valence-corrected chi connectivity index (χ4v) is 2.88. The Kier molecular flexibility index (Phi) is 3.91. The topological polar surface area (TPSA) is 30.0 Å². The average molecular weight is 265 g/mol. The summed E-state index contributed by atoms with van der Waals surface area (Å²) in [6.45, 7) is 0. The van der Waals surface area contributed by atoms with Gasteiger partial charge in [-0.25, -0.2) is 0 Å². The monoisotopic (exact) mass is 265 g/mol. The van der Waals surface area contributed by atoms with Gasteiger partial charge in [-0.05, 0) is 54.0 Å². The number of fused-ring (bicyclic) bond motifs is 1. The fourth-order valence-electron chi connectivity index (χ4n) is 2.88. The molecule has 0 atom stereocenters. The van der Waals surface area contributed by atoms with Gasteiger partial charge in [0.25, 0.3) is 0 Å². The van der Waals surface area contributed by atoms with E-state index in [2.05, 4.69) is 23.2 Å². The van der Waals surface area contributed by atoms with Gasteiger partial charge in [0, 0.05) is 25.2 Å². The van der Waals surface area contributed by atoms with Crippen molar-refractivity contribution in [2.75, 3.05) is 0 Å². The smallest absolute Gasteiger partial charge is 0.137 e. The molecule has 0 saturated heterocycles. The number of hydrogen-bond acceptors (Lipinski definition) is 2. The van der Waals surface area contributed by atoms with Crippen molar-refractivity contribution in [2.24, 2.45) is 0 Å². The van der Waals surface area contributed by atoms with E-state index in [9.17, 15) is 4.79 Å². The standard InChI is InChI=1S/C18H19NO/c20-18(9-7-14-3-2-10-19-13-14)12-15-6-8-16-4-1-5-17(16)11-15/h2-3,6,8,10-11,13H,1,4-5,7,9,12H2. The third-order valence-electron chi connectivity index (χ3n) is 3.98. The zero-order valence-corrected chi connectivity index (χ0v) is 11.6. The molecule has 102 valence electrons. The fraction of sp³-hybridized carbons (Fsp3) is 0.333. The minimum Gasteiger partial charge on any atom is -0.299 e. The van der Waals surface area contributed by atoms with Gasteiger partial charge in [0.1, 0.15) is 5.78 Å². The van der Waals surface area contributed by atoms with Crippen LogP contribution in [0, 0.1) is 0 Å². The molecular formula is C18H19NO. The molecule has 0 radical (unpaired) electrons. The minimum absolute atomic E-state index is 0.312. The van der Waals surface area contributed by atoms with Crippen LogP contribution < -0.4 is 0 Å². The summed E-state index contributed by atoms with van der Waals surface area (Å²) in [5.74, 6) is 0.312. The number of hydrogen-bond donors (Lipinski definition) is 0. The van der Waals surface area contributed by atoms with Crippen LogP contribution in [-0.2, 0) is 30.5 Å². The first-order valence-corrected chi connectivity index (χ1v) is 7.32. The van der Waals surface area contributed by atoms with Gasteiger partial charge in [0.15, 0.2) is 0 Å². The first-order valence-electron chi connectivity index (χ1n) is 7.32. The highest BCUT2D eigenvalue weighted by atomic mass is 16.1. The number of benzene rings is 1. The highest BCUT2D eigenvalue weighted by Gasteiger charge is 2.12. The molecule has 0 unspecified atom stereocenters. The lowest BCUT2D eigenvalue weighted by Crippen LogP contribution is -2.05. The lowest BCUT2D eigenvalue weighted by atomic mass is 10.00. The van der Waals surface area contributed by atoms with E-state index in [0.29, 0.717) is 18.6 Å². The molecule has 0 amide bonds. The van der Waals surface area contributed by atoms with Crippen molar-refractivity contribution in [3.8, 4) is 0 Å². The molecule has 1 aromatic carbocycles.